The quantitative estimate of drug-likeness (QED) is 0.389. The number of fused-ring (bicyclic) bond motifs is 1. The van der Waals surface area contributed by atoms with Gasteiger partial charge in [0.15, 0.2) is 0 Å². The molecule has 0 saturated carbocycles. The molecule has 3 nitrogen and oxygen atoms in total. The van der Waals surface area contributed by atoms with E-state index in [1.54, 1.807) is 12.1 Å². The van der Waals surface area contributed by atoms with E-state index < -0.39 is 17.7 Å². The lowest BCUT2D eigenvalue weighted by molar-refractivity contribution is -0.138. The molecule has 0 bridgehead atoms. The molecule has 0 spiro atoms. The monoisotopic (exact) mass is 435 g/mol. The number of nitrogens with one attached hydrogen (secondary N) is 1. The first-order chi connectivity index (χ1) is 14.2. The number of benzene rings is 2. The van der Waals surface area contributed by atoms with Crippen LogP contribution in [0.2, 0.25) is 0 Å². The third kappa shape index (κ3) is 5.21. The Balaban J connectivity index is 1.88. The summed E-state index contributed by atoms with van der Waals surface area (Å²) in [6.45, 7) is 4.62. The number of halogens is 3. The maximum Gasteiger partial charge on any atom is 0.416 e. The zero-order chi connectivity index (χ0) is 21.9. The number of hydrogen-bond acceptors (Lipinski definition) is 3. The molecular formula is C23H24F3NO2S. The average molecular weight is 436 g/mol. The maximum absolute atomic E-state index is 13.7. The van der Waals surface area contributed by atoms with Crippen molar-refractivity contribution in [2.24, 2.45) is 0 Å². The summed E-state index contributed by atoms with van der Waals surface area (Å²) in [5.74, 6) is -1.01. The predicted molar refractivity (Wildman–Crippen MR) is 115 cm³/mol. The van der Waals surface area contributed by atoms with Crippen molar-refractivity contribution in [3.8, 4) is 10.4 Å². The van der Waals surface area contributed by atoms with Crippen LogP contribution in [0.5, 0.6) is 0 Å². The number of carbonyl (C=O) groups is 1. The molecule has 0 saturated heterocycles. The van der Waals surface area contributed by atoms with Gasteiger partial charge in [-0.3, -0.25) is 4.79 Å². The first-order valence-corrected chi connectivity index (χ1v) is 10.7. The molecule has 1 heterocycles. The van der Waals surface area contributed by atoms with Gasteiger partial charge in [0.2, 0.25) is 0 Å². The lowest BCUT2D eigenvalue weighted by Gasteiger charge is -2.18. The lowest BCUT2D eigenvalue weighted by atomic mass is 9.91. The van der Waals surface area contributed by atoms with Crippen LogP contribution >= 0.6 is 11.3 Å². The van der Waals surface area contributed by atoms with Crippen molar-refractivity contribution < 1.29 is 23.1 Å². The van der Waals surface area contributed by atoms with E-state index in [1.165, 1.54) is 17.4 Å². The molecular weight excluding hydrogens is 411 g/mol. The largest absolute Gasteiger partial charge is 0.481 e. The van der Waals surface area contributed by atoms with Gasteiger partial charge in [0.25, 0.3) is 0 Å². The summed E-state index contributed by atoms with van der Waals surface area (Å²) < 4.78 is 42.0. The molecule has 1 aromatic heterocycles. The first kappa shape index (κ1) is 22.3. The van der Waals surface area contributed by atoms with Crippen LogP contribution in [0.15, 0.2) is 42.5 Å². The van der Waals surface area contributed by atoms with E-state index in [1.807, 2.05) is 38.1 Å². The summed E-state index contributed by atoms with van der Waals surface area (Å²) in [6, 6.07) is 12.4. The molecule has 0 fully saturated rings. The van der Waals surface area contributed by atoms with Crippen LogP contribution in [0.4, 0.5) is 13.2 Å². The van der Waals surface area contributed by atoms with Crippen molar-refractivity contribution in [3.63, 3.8) is 0 Å². The minimum Gasteiger partial charge on any atom is -0.481 e. The SMILES string of the molecule is CCC(C)c1ccc(-c2cc3cc(CNCCC(=O)O)ccc3s2)cc1C(F)(F)F. The van der Waals surface area contributed by atoms with E-state index >= 15 is 0 Å². The minimum absolute atomic E-state index is 0.0546. The van der Waals surface area contributed by atoms with E-state index in [0.29, 0.717) is 30.6 Å². The molecule has 7 heteroatoms. The number of aliphatic carboxylic acids is 1. The Bertz CT molecular complexity index is 1040. The van der Waals surface area contributed by atoms with Gasteiger partial charge in [0.1, 0.15) is 0 Å². The Morgan fingerprint density at radius 3 is 2.60 bits per heavy atom. The molecule has 0 aliphatic heterocycles. The highest BCUT2D eigenvalue weighted by molar-refractivity contribution is 7.22. The second kappa shape index (κ2) is 9.18. The van der Waals surface area contributed by atoms with Gasteiger partial charge in [-0.1, -0.05) is 32.0 Å². The third-order valence-corrected chi connectivity index (χ3v) is 6.38. The van der Waals surface area contributed by atoms with Crippen molar-refractivity contribution in [1.82, 2.24) is 5.32 Å². The smallest absolute Gasteiger partial charge is 0.416 e. The molecule has 0 amide bonds. The highest BCUT2D eigenvalue weighted by Gasteiger charge is 2.34. The molecule has 2 N–H and O–H groups in total. The van der Waals surface area contributed by atoms with Gasteiger partial charge in [0.05, 0.1) is 12.0 Å². The number of alkyl halides is 3. The Morgan fingerprint density at radius 1 is 1.17 bits per heavy atom. The second-order valence-corrected chi connectivity index (χ2v) is 8.50. The zero-order valence-electron chi connectivity index (χ0n) is 16.8. The molecule has 3 rings (SSSR count). The Hall–Kier alpha value is -2.38. The van der Waals surface area contributed by atoms with Crippen molar-refractivity contribution in [2.75, 3.05) is 6.54 Å². The van der Waals surface area contributed by atoms with Crippen molar-refractivity contribution in [1.29, 1.82) is 0 Å². The fourth-order valence-corrected chi connectivity index (χ4v) is 4.42. The van der Waals surface area contributed by atoms with E-state index in [4.69, 9.17) is 5.11 Å². The number of carboxylic acid groups (broad SMARTS) is 1. The minimum atomic E-state index is -4.39. The second-order valence-electron chi connectivity index (χ2n) is 7.41. The topological polar surface area (TPSA) is 49.3 Å². The van der Waals surface area contributed by atoms with E-state index in [2.05, 4.69) is 5.32 Å². The van der Waals surface area contributed by atoms with Crippen LogP contribution in [0, 0.1) is 0 Å². The molecule has 0 radical (unpaired) electrons. The summed E-state index contributed by atoms with van der Waals surface area (Å²) in [4.78, 5) is 11.4. The van der Waals surface area contributed by atoms with Gasteiger partial charge >= 0.3 is 12.1 Å². The standard InChI is InChI=1S/C23H24F3NO2S/c1-3-14(2)18-6-5-16(11-19(18)23(24,25)26)21-12-17-10-15(4-7-20(17)30-21)13-27-9-8-22(28)29/h4-7,10-12,14,27H,3,8-9,13H2,1-2H3,(H,28,29). The molecule has 0 aliphatic carbocycles. The van der Waals surface area contributed by atoms with E-state index in [0.717, 1.165) is 20.5 Å². The molecule has 30 heavy (non-hydrogen) atoms. The summed E-state index contributed by atoms with van der Waals surface area (Å²) in [5.41, 5.74) is 1.34. The Labute approximate surface area is 177 Å². The van der Waals surface area contributed by atoms with Crippen LogP contribution in [-0.2, 0) is 17.5 Å². The molecule has 3 aromatic rings. The number of hydrogen-bond donors (Lipinski definition) is 2. The van der Waals surface area contributed by atoms with Crippen molar-refractivity contribution >= 4 is 27.4 Å². The molecule has 0 aliphatic rings. The van der Waals surface area contributed by atoms with E-state index in [-0.39, 0.29) is 12.3 Å². The van der Waals surface area contributed by atoms with Crippen LogP contribution in [0.3, 0.4) is 0 Å². The van der Waals surface area contributed by atoms with Gasteiger partial charge in [-0.15, -0.1) is 11.3 Å². The maximum atomic E-state index is 13.7. The predicted octanol–water partition coefficient (Wildman–Crippen LogP) is 6.66. The Morgan fingerprint density at radius 2 is 1.93 bits per heavy atom. The van der Waals surface area contributed by atoms with E-state index in [9.17, 15) is 18.0 Å². The van der Waals surface area contributed by atoms with Gasteiger partial charge < -0.3 is 10.4 Å². The Kier molecular flexibility index (Phi) is 6.83. The van der Waals surface area contributed by atoms with Crippen molar-refractivity contribution in [3.05, 3.63) is 59.2 Å². The highest BCUT2D eigenvalue weighted by Crippen LogP contribution is 2.41. The molecule has 1 atom stereocenters. The number of rotatable bonds is 8. The van der Waals surface area contributed by atoms with Gasteiger partial charge in [-0.25, -0.2) is 0 Å². The van der Waals surface area contributed by atoms with Gasteiger partial charge in [-0.05, 0) is 58.7 Å². The fraction of sp³-hybridized carbons (Fsp3) is 0.348. The lowest BCUT2D eigenvalue weighted by Crippen LogP contribution is -2.17. The molecule has 160 valence electrons. The zero-order valence-corrected chi connectivity index (χ0v) is 17.7. The normalized spacial score (nSPS) is 13.0. The van der Waals surface area contributed by atoms with Crippen LogP contribution in [0.1, 0.15) is 49.3 Å². The van der Waals surface area contributed by atoms with Crippen LogP contribution in [0.25, 0.3) is 20.5 Å². The summed E-state index contributed by atoms with van der Waals surface area (Å²) in [6.07, 6.45) is -3.69. The number of carboxylic acids is 1. The summed E-state index contributed by atoms with van der Waals surface area (Å²) >= 11 is 1.47. The fourth-order valence-electron chi connectivity index (χ4n) is 3.38. The molecule has 2 aromatic carbocycles. The van der Waals surface area contributed by atoms with Crippen LogP contribution in [-0.4, -0.2) is 17.6 Å². The number of thiophene rings is 1. The first-order valence-electron chi connectivity index (χ1n) is 9.85. The highest BCUT2D eigenvalue weighted by atomic mass is 32.1. The van der Waals surface area contributed by atoms with Crippen molar-refractivity contribution in [2.45, 2.75) is 45.3 Å². The third-order valence-electron chi connectivity index (χ3n) is 5.21. The average Bonchev–Trinajstić information content (AvgIpc) is 3.12. The van der Waals surface area contributed by atoms with Crippen LogP contribution < -0.4 is 5.32 Å². The summed E-state index contributed by atoms with van der Waals surface area (Å²) in [7, 11) is 0. The molecule has 1 unspecified atom stereocenters. The van der Waals surface area contributed by atoms with Gasteiger partial charge in [0, 0.05) is 22.7 Å². The summed E-state index contributed by atoms with van der Waals surface area (Å²) in [5, 5.41) is 12.7. The van der Waals surface area contributed by atoms with Gasteiger partial charge in [-0.2, -0.15) is 13.2 Å².